The van der Waals surface area contributed by atoms with E-state index in [0.29, 0.717) is 35.7 Å². The predicted molar refractivity (Wildman–Crippen MR) is 124 cm³/mol. The molecule has 1 aliphatic carbocycles. The van der Waals surface area contributed by atoms with Crippen LogP contribution in [-0.4, -0.2) is 76.9 Å². The zero-order valence-corrected chi connectivity index (χ0v) is 20.3. The van der Waals surface area contributed by atoms with E-state index in [1.807, 2.05) is 6.92 Å². The van der Waals surface area contributed by atoms with Gasteiger partial charge in [0.15, 0.2) is 0 Å². The molecule has 1 saturated heterocycles. The topological polar surface area (TPSA) is 78.8 Å². The minimum Gasteiger partial charge on any atom is -0.336 e. The molecule has 8 nitrogen and oxygen atoms in total. The monoisotopic (exact) mass is 477 g/mol. The van der Waals surface area contributed by atoms with Gasteiger partial charge in [-0.2, -0.15) is 22.1 Å². The largest absolute Gasteiger partial charge is 0.336 e. The Morgan fingerprint density at radius 2 is 1.64 bits per heavy atom. The van der Waals surface area contributed by atoms with Crippen LogP contribution < -0.4 is 0 Å². The summed E-state index contributed by atoms with van der Waals surface area (Å²) in [5.74, 6) is -0.491. The van der Waals surface area contributed by atoms with Gasteiger partial charge in [0.25, 0.3) is 16.1 Å². The lowest BCUT2D eigenvalue weighted by atomic mass is 9.96. The van der Waals surface area contributed by atoms with Crippen molar-refractivity contribution >= 4 is 16.1 Å². The quantitative estimate of drug-likeness (QED) is 0.663. The van der Waals surface area contributed by atoms with Gasteiger partial charge in [-0.1, -0.05) is 19.3 Å². The smallest absolute Gasteiger partial charge is 0.282 e. The van der Waals surface area contributed by atoms with E-state index >= 15 is 0 Å². The Bertz CT molecular complexity index is 1100. The van der Waals surface area contributed by atoms with Gasteiger partial charge in [0, 0.05) is 39.3 Å². The average molecular weight is 478 g/mol. The molecule has 0 atom stereocenters. The van der Waals surface area contributed by atoms with Crippen molar-refractivity contribution in [3.8, 4) is 5.69 Å². The third-order valence-electron chi connectivity index (χ3n) is 6.88. The van der Waals surface area contributed by atoms with Crippen LogP contribution >= 0.6 is 0 Å². The van der Waals surface area contributed by atoms with Gasteiger partial charge in [0.1, 0.15) is 5.82 Å². The van der Waals surface area contributed by atoms with Crippen LogP contribution in [-0.2, 0) is 10.2 Å². The van der Waals surface area contributed by atoms with Crippen LogP contribution in [0.25, 0.3) is 5.69 Å². The second kappa shape index (κ2) is 9.52. The van der Waals surface area contributed by atoms with Crippen LogP contribution in [0.1, 0.15) is 53.8 Å². The summed E-state index contributed by atoms with van der Waals surface area (Å²) in [4.78, 5) is 15.0. The number of aromatic nitrogens is 2. The van der Waals surface area contributed by atoms with E-state index < -0.39 is 10.2 Å². The number of amides is 1. The van der Waals surface area contributed by atoms with Gasteiger partial charge in [-0.05, 0) is 51.0 Å². The summed E-state index contributed by atoms with van der Waals surface area (Å²) in [6, 6.07) is 6.02. The minimum atomic E-state index is -3.55. The van der Waals surface area contributed by atoms with E-state index in [0.717, 1.165) is 25.7 Å². The number of nitrogens with zero attached hydrogens (tertiary/aromatic N) is 5. The number of piperazine rings is 1. The maximum Gasteiger partial charge on any atom is 0.282 e. The van der Waals surface area contributed by atoms with E-state index in [1.165, 1.54) is 27.2 Å². The summed E-state index contributed by atoms with van der Waals surface area (Å²) >= 11 is 0. The molecule has 0 unspecified atom stereocenters. The summed E-state index contributed by atoms with van der Waals surface area (Å²) in [5.41, 5.74) is 2.46. The van der Waals surface area contributed by atoms with Crippen LogP contribution in [0.2, 0.25) is 0 Å². The van der Waals surface area contributed by atoms with Crippen molar-refractivity contribution < 1.29 is 17.6 Å². The molecule has 1 aromatic heterocycles. The molecule has 180 valence electrons. The molecule has 10 heteroatoms. The number of hydrogen-bond donors (Lipinski definition) is 0. The minimum absolute atomic E-state index is 0.0611. The summed E-state index contributed by atoms with van der Waals surface area (Å²) in [5, 5.41) is 4.49. The third-order valence-corrected chi connectivity index (χ3v) is 8.93. The number of benzene rings is 1. The predicted octanol–water partition coefficient (Wildman–Crippen LogP) is 2.90. The van der Waals surface area contributed by atoms with Crippen molar-refractivity contribution in [1.82, 2.24) is 23.3 Å². The Morgan fingerprint density at radius 3 is 2.24 bits per heavy atom. The first kappa shape index (κ1) is 23.8. The normalized spacial score (nSPS) is 18.8. The zero-order chi connectivity index (χ0) is 23.8. The number of aryl methyl sites for hydroxylation is 1. The molecule has 2 fully saturated rings. The van der Waals surface area contributed by atoms with Crippen molar-refractivity contribution in [3.63, 3.8) is 0 Å². The molecule has 0 N–H and O–H groups in total. The molecule has 4 rings (SSSR count). The van der Waals surface area contributed by atoms with Crippen LogP contribution in [0.3, 0.4) is 0 Å². The van der Waals surface area contributed by atoms with Crippen molar-refractivity contribution in [2.45, 2.75) is 52.0 Å². The fraction of sp³-hybridized carbons (Fsp3) is 0.565. The van der Waals surface area contributed by atoms with Gasteiger partial charge in [-0.3, -0.25) is 4.79 Å². The Morgan fingerprint density at radius 1 is 1.03 bits per heavy atom. The molecular formula is C23H32FN5O3S. The highest BCUT2D eigenvalue weighted by Gasteiger charge is 2.36. The third kappa shape index (κ3) is 4.69. The zero-order valence-electron chi connectivity index (χ0n) is 19.5. The van der Waals surface area contributed by atoms with E-state index in [-0.39, 0.29) is 30.9 Å². The van der Waals surface area contributed by atoms with E-state index in [2.05, 4.69) is 5.10 Å². The number of hydrogen-bond acceptors (Lipinski definition) is 4. The Labute approximate surface area is 195 Å². The van der Waals surface area contributed by atoms with Crippen LogP contribution in [0.15, 0.2) is 24.3 Å². The van der Waals surface area contributed by atoms with Crippen molar-refractivity contribution in [3.05, 3.63) is 47.0 Å². The highest BCUT2D eigenvalue weighted by atomic mass is 32.2. The van der Waals surface area contributed by atoms with Gasteiger partial charge >= 0.3 is 0 Å². The van der Waals surface area contributed by atoms with Gasteiger partial charge in [-0.15, -0.1) is 0 Å². The Balaban J connectivity index is 1.45. The first-order chi connectivity index (χ1) is 15.7. The molecule has 1 aromatic carbocycles. The van der Waals surface area contributed by atoms with Crippen molar-refractivity contribution in [1.29, 1.82) is 0 Å². The SMILES string of the molecule is Cc1nn(-c2ccc(F)cc2)c(C)c1C(=O)N1CCN(S(=O)(=O)N(C)C2CCCCC2)CC1. The lowest BCUT2D eigenvalue weighted by molar-refractivity contribution is 0.0691. The molecule has 1 saturated carbocycles. The highest BCUT2D eigenvalue weighted by molar-refractivity contribution is 7.86. The molecular weight excluding hydrogens is 445 g/mol. The number of carbonyl (C=O) groups excluding carboxylic acids is 1. The van der Waals surface area contributed by atoms with Crippen LogP contribution in [0.4, 0.5) is 4.39 Å². The maximum atomic E-state index is 13.3. The lowest BCUT2D eigenvalue weighted by Gasteiger charge is -2.38. The maximum absolute atomic E-state index is 13.3. The number of carbonyl (C=O) groups is 1. The average Bonchev–Trinajstić information content (AvgIpc) is 3.13. The van der Waals surface area contributed by atoms with Crippen LogP contribution in [0.5, 0.6) is 0 Å². The number of halogens is 1. The van der Waals surface area contributed by atoms with E-state index in [1.54, 1.807) is 35.7 Å². The summed E-state index contributed by atoms with van der Waals surface area (Å²) in [6.45, 7) is 4.80. The molecule has 33 heavy (non-hydrogen) atoms. The number of rotatable bonds is 5. The molecule has 1 amide bonds. The molecule has 0 radical (unpaired) electrons. The first-order valence-electron chi connectivity index (χ1n) is 11.5. The molecule has 1 aliphatic heterocycles. The molecule has 2 aliphatic rings. The molecule has 0 bridgehead atoms. The fourth-order valence-electron chi connectivity index (χ4n) is 4.88. The van der Waals surface area contributed by atoms with Gasteiger partial charge in [0.05, 0.1) is 22.6 Å². The Hall–Kier alpha value is -2.30. The Kier molecular flexibility index (Phi) is 6.88. The molecule has 2 aromatic rings. The van der Waals surface area contributed by atoms with Crippen LogP contribution in [0, 0.1) is 19.7 Å². The summed E-state index contributed by atoms with van der Waals surface area (Å²) in [6.07, 6.45) is 5.12. The summed E-state index contributed by atoms with van der Waals surface area (Å²) < 4.78 is 44.2. The first-order valence-corrected chi connectivity index (χ1v) is 12.9. The standard InChI is InChI=1S/C23H32FN5O3S/c1-17-22(18(2)29(25-17)21-11-9-19(24)10-12-21)23(30)27-13-15-28(16-14-27)33(31,32)26(3)20-7-5-4-6-8-20/h9-12,20H,4-8,13-16H2,1-3H3. The highest BCUT2D eigenvalue weighted by Crippen LogP contribution is 2.26. The fourth-order valence-corrected chi connectivity index (χ4v) is 6.46. The van der Waals surface area contributed by atoms with Gasteiger partial charge < -0.3 is 4.90 Å². The second-order valence-electron chi connectivity index (χ2n) is 8.94. The lowest BCUT2D eigenvalue weighted by Crippen LogP contribution is -2.55. The van der Waals surface area contributed by atoms with E-state index in [9.17, 15) is 17.6 Å². The summed E-state index contributed by atoms with van der Waals surface area (Å²) in [7, 11) is -1.87. The van der Waals surface area contributed by atoms with Crippen molar-refractivity contribution in [2.75, 3.05) is 33.2 Å². The van der Waals surface area contributed by atoms with Crippen molar-refractivity contribution in [2.24, 2.45) is 0 Å². The second-order valence-corrected chi connectivity index (χ2v) is 10.9. The molecule has 2 heterocycles. The molecule has 0 spiro atoms. The van der Waals surface area contributed by atoms with Gasteiger partial charge in [0.2, 0.25) is 0 Å². The van der Waals surface area contributed by atoms with E-state index in [4.69, 9.17) is 0 Å². The van der Waals surface area contributed by atoms with Gasteiger partial charge in [-0.25, -0.2) is 9.07 Å².